The van der Waals surface area contributed by atoms with Gasteiger partial charge in [-0.15, -0.1) is 0 Å². The van der Waals surface area contributed by atoms with Crippen LogP contribution >= 0.6 is 0 Å². The van der Waals surface area contributed by atoms with Gasteiger partial charge in [0.25, 0.3) is 0 Å². The summed E-state index contributed by atoms with van der Waals surface area (Å²) in [7, 11) is 0. The summed E-state index contributed by atoms with van der Waals surface area (Å²) < 4.78 is 0. The third-order valence-corrected chi connectivity index (χ3v) is 4.18. The van der Waals surface area contributed by atoms with Crippen LogP contribution < -0.4 is 11.1 Å². The lowest BCUT2D eigenvalue weighted by atomic mass is 9.79. The number of hydrogen-bond acceptors (Lipinski definition) is 2. The Bertz CT molecular complexity index is 442. The van der Waals surface area contributed by atoms with E-state index >= 15 is 0 Å². The van der Waals surface area contributed by atoms with Crippen LogP contribution in [-0.2, 0) is 0 Å². The molecular formula is C16H24N2O. The zero-order chi connectivity index (χ0) is 13.8. The molecule has 104 valence electrons. The van der Waals surface area contributed by atoms with Crippen LogP contribution in [0.5, 0.6) is 0 Å². The van der Waals surface area contributed by atoms with E-state index in [9.17, 15) is 4.79 Å². The molecule has 0 aromatic heterocycles. The predicted octanol–water partition coefficient (Wildman–Crippen LogP) is 3.41. The molecule has 1 aliphatic carbocycles. The molecule has 0 heterocycles. The van der Waals surface area contributed by atoms with E-state index in [0.717, 1.165) is 17.5 Å². The van der Waals surface area contributed by atoms with Crippen LogP contribution in [0, 0.1) is 11.8 Å². The number of nitrogens with one attached hydrogen (secondary N) is 1. The fourth-order valence-electron chi connectivity index (χ4n) is 2.96. The average Bonchev–Trinajstić information content (AvgIpc) is 2.39. The van der Waals surface area contributed by atoms with Crippen LogP contribution in [0.4, 0.5) is 5.69 Å². The van der Waals surface area contributed by atoms with Gasteiger partial charge in [-0.1, -0.05) is 32.8 Å². The minimum Gasteiger partial charge on any atom is -0.382 e. The SMILES string of the molecule is CC(C)C1CCCC(Nc2cccc(C(N)=O)c2)C1. The van der Waals surface area contributed by atoms with Crippen LogP contribution in [-0.4, -0.2) is 11.9 Å². The van der Waals surface area contributed by atoms with E-state index in [1.807, 2.05) is 18.2 Å². The maximum absolute atomic E-state index is 11.2. The lowest BCUT2D eigenvalue weighted by Crippen LogP contribution is -2.29. The lowest BCUT2D eigenvalue weighted by molar-refractivity contribution is 0.100. The number of carbonyl (C=O) groups is 1. The number of primary amides is 1. The van der Waals surface area contributed by atoms with E-state index in [0.29, 0.717) is 11.6 Å². The fraction of sp³-hybridized carbons (Fsp3) is 0.562. The van der Waals surface area contributed by atoms with Gasteiger partial charge in [0, 0.05) is 17.3 Å². The van der Waals surface area contributed by atoms with Crippen molar-refractivity contribution in [1.82, 2.24) is 0 Å². The molecule has 1 amide bonds. The van der Waals surface area contributed by atoms with Crippen molar-refractivity contribution in [3.63, 3.8) is 0 Å². The van der Waals surface area contributed by atoms with Crippen LogP contribution in [0.25, 0.3) is 0 Å². The van der Waals surface area contributed by atoms with Crippen LogP contribution in [0.1, 0.15) is 49.9 Å². The second-order valence-electron chi connectivity index (χ2n) is 5.96. The highest BCUT2D eigenvalue weighted by atomic mass is 16.1. The van der Waals surface area contributed by atoms with Gasteiger partial charge < -0.3 is 11.1 Å². The molecule has 3 N–H and O–H groups in total. The number of amides is 1. The summed E-state index contributed by atoms with van der Waals surface area (Å²) in [6.45, 7) is 4.61. The fourth-order valence-corrected chi connectivity index (χ4v) is 2.96. The molecule has 3 nitrogen and oxygen atoms in total. The molecule has 0 saturated heterocycles. The van der Waals surface area contributed by atoms with Crippen LogP contribution in [0.15, 0.2) is 24.3 Å². The molecule has 19 heavy (non-hydrogen) atoms. The van der Waals surface area contributed by atoms with E-state index in [1.165, 1.54) is 25.7 Å². The van der Waals surface area contributed by atoms with Gasteiger partial charge in [-0.2, -0.15) is 0 Å². The van der Waals surface area contributed by atoms with Gasteiger partial charge >= 0.3 is 0 Å². The molecular weight excluding hydrogens is 236 g/mol. The highest BCUT2D eigenvalue weighted by molar-refractivity contribution is 5.93. The first-order valence-electron chi connectivity index (χ1n) is 7.22. The number of benzene rings is 1. The molecule has 0 bridgehead atoms. The first-order chi connectivity index (χ1) is 9.06. The second kappa shape index (κ2) is 6.09. The van der Waals surface area contributed by atoms with Crippen molar-refractivity contribution in [3.8, 4) is 0 Å². The van der Waals surface area contributed by atoms with E-state index < -0.39 is 0 Å². The van der Waals surface area contributed by atoms with Gasteiger partial charge in [-0.3, -0.25) is 4.79 Å². The molecule has 2 unspecified atom stereocenters. The first kappa shape index (κ1) is 13.9. The minimum absolute atomic E-state index is 0.368. The number of anilines is 1. The monoisotopic (exact) mass is 260 g/mol. The van der Waals surface area contributed by atoms with Gasteiger partial charge in [0.2, 0.25) is 5.91 Å². The summed E-state index contributed by atoms with van der Waals surface area (Å²) in [6.07, 6.45) is 5.07. The molecule has 2 atom stereocenters. The maximum atomic E-state index is 11.2. The van der Waals surface area contributed by atoms with Gasteiger partial charge in [-0.05, 0) is 42.9 Å². The summed E-state index contributed by atoms with van der Waals surface area (Å²) in [5, 5.41) is 3.55. The Labute approximate surface area is 115 Å². The lowest BCUT2D eigenvalue weighted by Gasteiger charge is -2.32. The van der Waals surface area contributed by atoms with Gasteiger partial charge in [0.05, 0.1) is 0 Å². The van der Waals surface area contributed by atoms with Crippen molar-refractivity contribution in [3.05, 3.63) is 29.8 Å². The van der Waals surface area contributed by atoms with E-state index in [1.54, 1.807) is 6.07 Å². The number of hydrogen-bond donors (Lipinski definition) is 2. The predicted molar refractivity (Wildman–Crippen MR) is 79.2 cm³/mol. The van der Waals surface area contributed by atoms with Gasteiger partial charge in [-0.25, -0.2) is 0 Å². The number of nitrogens with two attached hydrogens (primary N) is 1. The van der Waals surface area contributed by atoms with Gasteiger partial charge in [0.1, 0.15) is 0 Å². The molecule has 1 fully saturated rings. The van der Waals surface area contributed by atoms with Crippen molar-refractivity contribution in [2.75, 3.05) is 5.32 Å². The maximum Gasteiger partial charge on any atom is 0.248 e. The molecule has 3 heteroatoms. The summed E-state index contributed by atoms with van der Waals surface area (Å²) in [4.78, 5) is 11.2. The Hall–Kier alpha value is -1.51. The Kier molecular flexibility index (Phi) is 4.46. The molecule has 2 rings (SSSR count). The van der Waals surface area contributed by atoms with Crippen LogP contribution in [0.2, 0.25) is 0 Å². The smallest absolute Gasteiger partial charge is 0.248 e. The zero-order valence-electron chi connectivity index (χ0n) is 11.9. The van der Waals surface area contributed by atoms with Crippen molar-refractivity contribution < 1.29 is 4.79 Å². The highest BCUT2D eigenvalue weighted by Gasteiger charge is 2.23. The average molecular weight is 260 g/mol. The summed E-state index contributed by atoms with van der Waals surface area (Å²) >= 11 is 0. The van der Waals surface area contributed by atoms with E-state index in [-0.39, 0.29) is 5.91 Å². The van der Waals surface area contributed by atoms with Crippen LogP contribution in [0.3, 0.4) is 0 Å². The summed E-state index contributed by atoms with van der Waals surface area (Å²) in [5.41, 5.74) is 6.89. The number of rotatable bonds is 4. The minimum atomic E-state index is -0.368. The Morgan fingerprint density at radius 2 is 2.16 bits per heavy atom. The van der Waals surface area contributed by atoms with Crippen molar-refractivity contribution in [2.45, 2.75) is 45.6 Å². The normalized spacial score (nSPS) is 23.3. The molecule has 1 saturated carbocycles. The summed E-state index contributed by atoms with van der Waals surface area (Å²) in [6, 6.07) is 8.01. The quantitative estimate of drug-likeness (QED) is 0.871. The molecule has 0 spiro atoms. The summed E-state index contributed by atoms with van der Waals surface area (Å²) in [5.74, 6) is 1.19. The standard InChI is InChI=1S/C16H24N2O/c1-11(2)12-5-3-7-14(9-12)18-15-8-4-6-13(10-15)16(17)19/h4,6,8,10-12,14,18H,3,5,7,9H2,1-2H3,(H2,17,19). The Morgan fingerprint density at radius 1 is 1.37 bits per heavy atom. The molecule has 1 aliphatic rings. The van der Waals surface area contributed by atoms with Crippen molar-refractivity contribution in [2.24, 2.45) is 17.6 Å². The Balaban J connectivity index is 2.00. The number of carbonyl (C=O) groups excluding carboxylic acids is 1. The third-order valence-electron chi connectivity index (χ3n) is 4.18. The molecule has 0 aliphatic heterocycles. The molecule has 1 aromatic carbocycles. The second-order valence-corrected chi connectivity index (χ2v) is 5.96. The third kappa shape index (κ3) is 3.72. The van der Waals surface area contributed by atoms with Crippen molar-refractivity contribution >= 4 is 11.6 Å². The molecule has 1 aromatic rings. The van der Waals surface area contributed by atoms with Crippen molar-refractivity contribution in [1.29, 1.82) is 0 Å². The molecule has 0 radical (unpaired) electrons. The van der Waals surface area contributed by atoms with Gasteiger partial charge in [0.15, 0.2) is 0 Å². The largest absolute Gasteiger partial charge is 0.382 e. The highest BCUT2D eigenvalue weighted by Crippen LogP contribution is 2.31. The topological polar surface area (TPSA) is 55.1 Å². The zero-order valence-corrected chi connectivity index (χ0v) is 11.9. The van der Waals surface area contributed by atoms with E-state index in [2.05, 4.69) is 19.2 Å². The first-order valence-corrected chi connectivity index (χ1v) is 7.22. The van der Waals surface area contributed by atoms with E-state index in [4.69, 9.17) is 5.73 Å². The Morgan fingerprint density at radius 3 is 2.84 bits per heavy atom.